The summed E-state index contributed by atoms with van der Waals surface area (Å²) in [7, 11) is 0. The van der Waals surface area contributed by atoms with Crippen LogP contribution in [0.1, 0.15) is 31.4 Å². The molecule has 0 bridgehead atoms. The number of carbonyl (C=O) groups is 1. The van der Waals surface area contributed by atoms with Gasteiger partial charge in [-0.15, -0.1) is 0 Å². The summed E-state index contributed by atoms with van der Waals surface area (Å²) in [6.45, 7) is 3.09. The highest BCUT2D eigenvalue weighted by atomic mass is 32.2. The molecule has 1 aromatic rings. The smallest absolute Gasteiger partial charge is 0.222 e. The lowest BCUT2D eigenvalue weighted by Gasteiger charge is -2.24. The Morgan fingerprint density at radius 2 is 2.37 bits per heavy atom. The van der Waals surface area contributed by atoms with E-state index in [4.69, 9.17) is 0 Å². The van der Waals surface area contributed by atoms with Crippen LogP contribution in [0.4, 0.5) is 0 Å². The van der Waals surface area contributed by atoms with Gasteiger partial charge in [-0.25, -0.2) is 0 Å². The number of pyridine rings is 1. The van der Waals surface area contributed by atoms with Crippen LogP contribution < -0.4 is 10.6 Å². The molecule has 1 saturated heterocycles. The minimum atomic E-state index is 0.0896. The Bertz CT molecular complexity index is 393. The van der Waals surface area contributed by atoms with Crippen molar-refractivity contribution in [1.82, 2.24) is 15.6 Å². The molecule has 104 valence electrons. The summed E-state index contributed by atoms with van der Waals surface area (Å²) in [5, 5.41) is 6.50. The van der Waals surface area contributed by atoms with Crippen LogP contribution in [0.15, 0.2) is 24.5 Å². The van der Waals surface area contributed by atoms with Crippen LogP contribution in [-0.2, 0) is 4.79 Å². The first kappa shape index (κ1) is 14.3. The second-order valence-electron chi connectivity index (χ2n) is 4.74. The number of rotatable bonds is 5. The fraction of sp³-hybridized carbons (Fsp3) is 0.571. The van der Waals surface area contributed by atoms with Crippen LogP contribution in [0.2, 0.25) is 0 Å². The SMILES string of the molecule is CCC(NC(=O)CC1CSCCN1)c1ccncc1. The number of nitrogens with one attached hydrogen (secondary N) is 2. The first-order valence-corrected chi connectivity index (χ1v) is 7.95. The van der Waals surface area contributed by atoms with Gasteiger partial charge < -0.3 is 10.6 Å². The molecule has 1 fully saturated rings. The van der Waals surface area contributed by atoms with Crippen molar-refractivity contribution in [2.45, 2.75) is 31.8 Å². The summed E-state index contributed by atoms with van der Waals surface area (Å²) in [4.78, 5) is 16.1. The summed E-state index contributed by atoms with van der Waals surface area (Å²) in [6, 6.07) is 4.33. The topological polar surface area (TPSA) is 54.0 Å². The first-order valence-electron chi connectivity index (χ1n) is 6.80. The largest absolute Gasteiger partial charge is 0.349 e. The van der Waals surface area contributed by atoms with E-state index in [0.717, 1.165) is 30.0 Å². The summed E-state index contributed by atoms with van der Waals surface area (Å²) in [6.07, 6.45) is 4.99. The number of aromatic nitrogens is 1. The van der Waals surface area contributed by atoms with Gasteiger partial charge in [0, 0.05) is 42.9 Å². The molecule has 2 heterocycles. The van der Waals surface area contributed by atoms with Crippen LogP contribution in [0.3, 0.4) is 0 Å². The maximum absolute atomic E-state index is 12.1. The van der Waals surface area contributed by atoms with Crippen molar-refractivity contribution in [2.75, 3.05) is 18.1 Å². The van der Waals surface area contributed by atoms with E-state index in [1.807, 2.05) is 23.9 Å². The normalized spacial score (nSPS) is 20.8. The van der Waals surface area contributed by atoms with E-state index in [1.165, 1.54) is 0 Å². The van der Waals surface area contributed by atoms with Crippen molar-refractivity contribution in [1.29, 1.82) is 0 Å². The van der Waals surface area contributed by atoms with Crippen molar-refractivity contribution >= 4 is 17.7 Å². The molecule has 1 aliphatic rings. The number of hydrogen-bond acceptors (Lipinski definition) is 4. The minimum absolute atomic E-state index is 0.0896. The van der Waals surface area contributed by atoms with Crippen LogP contribution in [-0.4, -0.2) is 35.0 Å². The molecule has 0 saturated carbocycles. The Morgan fingerprint density at radius 1 is 1.58 bits per heavy atom. The molecule has 2 unspecified atom stereocenters. The molecule has 4 nitrogen and oxygen atoms in total. The fourth-order valence-electron chi connectivity index (χ4n) is 2.24. The molecular formula is C14H21N3OS. The van der Waals surface area contributed by atoms with Gasteiger partial charge in [-0.3, -0.25) is 9.78 Å². The van der Waals surface area contributed by atoms with Gasteiger partial charge in [-0.05, 0) is 24.1 Å². The molecule has 1 amide bonds. The first-order chi connectivity index (χ1) is 9.29. The van der Waals surface area contributed by atoms with E-state index in [2.05, 4.69) is 22.5 Å². The molecule has 2 N–H and O–H groups in total. The predicted molar refractivity (Wildman–Crippen MR) is 79.1 cm³/mol. The summed E-state index contributed by atoms with van der Waals surface area (Å²) >= 11 is 1.92. The van der Waals surface area contributed by atoms with E-state index in [9.17, 15) is 4.79 Å². The van der Waals surface area contributed by atoms with Crippen molar-refractivity contribution < 1.29 is 4.79 Å². The molecule has 5 heteroatoms. The lowest BCUT2D eigenvalue weighted by Crippen LogP contribution is -2.41. The number of nitrogens with zero attached hydrogens (tertiary/aromatic N) is 1. The van der Waals surface area contributed by atoms with Gasteiger partial charge in [0.15, 0.2) is 0 Å². The molecule has 19 heavy (non-hydrogen) atoms. The minimum Gasteiger partial charge on any atom is -0.349 e. The molecule has 0 aromatic carbocycles. The molecule has 0 spiro atoms. The third-order valence-corrected chi connectivity index (χ3v) is 4.41. The molecule has 1 aromatic heterocycles. The molecule has 0 aliphatic carbocycles. The number of hydrogen-bond donors (Lipinski definition) is 2. The van der Waals surface area contributed by atoms with Gasteiger partial charge in [0.1, 0.15) is 0 Å². The zero-order valence-electron chi connectivity index (χ0n) is 11.3. The zero-order valence-corrected chi connectivity index (χ0v) is 12.1. The average Bonchev–Trinajstić information content (AvgIpc) is 2.47. The van der Waals surface area contributed by atoms with E-state index in [-0.39, 0.29) is 11.9 Å². The Morgan fingerprint density at radius 3 is 3.00 bits per heavy atom. The van der Waals surface area contributed by atoms with Crippen LogP contribution in [0.5, 0.6) is 0 Å². The lowest BCUT2D eigenvalue weighted by atomic mass is 10.1. The van der Waals surface area contributed by atoms with Gasteiger partial charge in [0.05, 0.1) is 6.04 Å². The van der Waals surface area contributed by atoms with E-state index in [1.54, 1.807) is 12.4 Å². The predicted octanol–water partition coefficient (Wildman–Crippen LogP) is 1.74. The summed E-state index contributed by atoms with van der Waals surface area (Å²) in [5.74, 6) is 2.30. The van der Waals surface area contributed by atoms with Crippen LogP contribution in [0, 0.1) is 0 Å². The third-order valence-electron chi connectivity index (χ3n) is 3.28. The quantitative estimate of drug-likeness (QED) is 0.862. The Labute approximate surface area is 118 Å². The summed E-state index contributed by atoms with van der Waals surface area (Å²) < 4.78 is 0. The maximum Gasteiger partial charge on any atom is 0.222 e. The fourth-order valence-corrected chi connectivity index (χ4v) is 3.19. The molecule has 2 rings (SSSR count). The van der Waals surface area contributed by atoms with Gasteiger partial charge in [0.2, 0.25) is 5.91 Å². The second kappa shape index (κ2) is 7.50. The van der Waals surface area contributed by atoms with Gasteiger partial charge in [-0.2, -0.15) is 11.8 Å². The molecule has 2 atom stereocenters. The van der Waals surface area contributed by atoms with Crippen molar-refractivity contribution in [3.8, 4) is 0 Å². The van der Waals surface area contributed by atoms with Crippen LogP contribution in [0.25, 0.3) is 0 Å². The van der Waals surface area contributed by atoms with E-state index >= 15 is 0 Å². The lowest BCUT2D eigenvalue weighted by molar-refractivity contribution is -0.122. The Balaban J connectivity index is 1.85. The Kier molecular flexibility index (Phi) is 5.66. The highest BCUT2D eigenvalue weighted by Crippen LogP contribution is 2.16. The van der Waals surface area contributed by atoms with Crippen molar-refractivity contribution in [3.05, 3.63) is 30.1 Å². The zero-order chi connectivity index (χ0) is 13.5. The highest BCUT2D eigenvalue weighted by Gasteiger charge is 2.19. The second-order valence-corrected chi connectivity index (χ2v) is 5.89. The monoisotopic (exact) mass is 279 g/mol. The highest BCUT2D eigenvalue weighted by molar-refractivity contribution is 7.99. The molecule has 1 aliphatic heterocycles. The van der Waals surface area contributed by atoms with Crippen LogP contribution >= 0.6 is 11.8 Å². The summed E-state index contributed by atoms with van der Waals surface area (Å²) in [5.41, 5.74) is 1.12. The molecule has 0 radical (unpaired) electrons. The van der Waals surface area contributed by atoms with Crippen molar-refractivity contribution in [2.24, 2.45) is 0 Å². The number of amides is 1. The average molecular weight is 279 g/mol. The van der Waals surface area contributed by atoms with Gasteiger partial charge >= 0.3 is 0 Å². The van der Waals surface area contributed by atoms with Crippen molar-refractivity contribution in [3.63, 3.8) is 0 Å². The Hall–Kier alpha value is -1.07. The molecular weight excluding hydrogens is 258 g/mol. The van der Waals surface area contributed by atoms with E-state index in [0.29, 0.717) is 12.5 Å². The maximum atomic E-state index is 12.1. The van der Waals surface area contributed by atoms with E-state index < -0.39 is 0 Å². The van der Waals surface area contributed by atoms with Gasteiger partial charge in [-0.1, -0.05) is 6.92 Å². The number of carbonyl (C=O) groups excluding carboxylic acids is 1. The van der Waals surface area contributed by atoms with Gasteiger partial charge in [0.25, 0.3) is 0 Å². The third kappa shape index (κ3) is 4.51. The number of thioether (sulfide) groups is 1. The standard InChI is InChI=1S/C14H21N3OS/c1-2-13(11-3-5-15-6-4-11)17-14(18)9-12-10-19-8-7-16-12/h3-6,12-13,16H,2,7-10H2,1H3,(H,17,18).